The fourth-order valence-corrected chi connectivity index (χ4v) is 3.47. The summed E-state index contributed by atoms with van der Waals surface area (Å²) in [5.74, 6) is 0.223. The first-order chi connectivity index (χ1) is 14.0. The average Bonchev–Trinajstić information content (AvgIpc) is 2.73. The Balaban J connectivity index is 1.66. The van der Waals surface area contributed by atoms with Gasteiger partial charge in [-0.25, -0.2) is 0 Å². The Morgan fingerprint density at radius 3 is 2.52 bits per heavy atom. The summed E-state index contributed by atoms with van der Waals surface area (Å²) in [4.78, 5) is 25.2. The Hall–Kier alpha value is -2.82. The molecular weight excluding hydrogens is 364 g/mol. The summed E-state index contributed by atoms with van der Waals surface area (Å²) >= 11 is 0. The molecule has 0 heterocycles. The first-order valence-corrected chi connectivity index (χ1v) is 10.5. The van der Waals surface area contributed by atoms with Gasteiger partial charge in [-0.2, -0.15) is 0 Å². The van der Waals surface area contributed by atoms with Crippen LogP contribution in [0.25, 0.3) is 0 Å². The van der Waals surface area contributed by atoms with Crippen LogP contribution in [0.2, 0.25) is 0 Å². The van der Waals surface area contributed by atoms with Crippen LogP contribution in [0.4, 0.5) is 5.69 Å². The lowest BCUT2D eigenvalue weighted by atomic mass is 9.92. The highest BCUT2D eigenvalue weighted by molar-refractivity contribution is 6.04. The number of aryl methyl sites for hydroxylation is 2. The molecular formula is C24H30N2O3. The highest BCUT2D eigenvalue weighted by Gasteiger charge is 2.20. The van der Waals surface area contributed by atoms with E-state index in [1.54, 1.807) is 31.2 Å². The molecule has 0 bridgehead atoms. The topological polar surface area (TPSA) is 67.4 Å². The molecule has 2 amide bonds. The summed E-state index contributed by atoms with van der Waals surface area (Å²) in [6.45, 7) is 5.68. The molecule has 0 spiro atoms. The van der Waals surface area contributed by atoms with Crippen LogP contribution >= 0.6 is 0 Å². The van der Waals surface area contributed by atoms with Crippen molar-refractivity contribution in [3.8, 4) is 5.75 Å². The zero-order valence-electron chi connectivity index (χ0n) is 17.5. The Bertz CT molecular complexity index is 878. The Labute approximate surface area is 172 Å². The lowest BCUT2D eigenvalue weighted by Gasteiger charge is -2.20. The Morgan fingerprint density at radius 1 is 1.03 bits per heavy atom. The number of carbonyl (C=O) groups is 2. The summed E-state index contributed by atoms with van der Waals surface area (Å²) in [5.41, 5.74) is 3.62. The van der Waals surface area contributed by atoms with E-state index in [1.807, 2.05) is 26.0 Å². The highest BCUT2D eigenvalue weighted by Crippen LogP contribution is 2.26. The second-order valence-electron chi connectivity index (χ2n) is 7.72. The van der Waals surface area contributed by atoms with Crippen molar-refractivity contribution >= 4 is 17.5 Å². The van der Waals surface area contributed by atoms with Crippen molar-refractivity contribution < 1.29 is 14.3 Å². The van der Waals surface area contributed by atoms with E-state index >= 15 is 0 Å². The molecule has 2 atom stereocenters. The summed E-state index contributed by atoms with van der Waals surface area (Å²) in [6.07, 6.45) is 4.76. The molecule has 154 valence electrons. The molecule has 5 heteroatoms. The van der Waals surface area contributed by atoms with Gasteiger partial charge in [-0.1, -0.05) is 25.1 Å². The number of fused-ring (bicyclic) bond motifs is 1. The zero-order valence-corrected chi connectivity index (χ0v) is 17.5. The quantitative estimate of drug-likeness (QED) is 0.727. The van der Waals surface area contributed by atoms with E-state index in [9.17, 15) is 9.59 Å². The van der Waals surface area contributed by atoms with Crippen molar-refractivity contribution in [2.24, 2.45) is 0 Å². The van der Waals surface area contributed by atoms with Crippen LogP contribution in [-0.4, -0.2) is 24.0 Å². The molecule has 0 unspecified atom stereocenters. The lowest BCUT2D eigenvalue weighted by molar-refractivity contribution is -0.122. The molecule has 2 aromatic carbocycles. The molecule has 0 aromatic heterocycles. The molecule has 0 aliphatic heterocycles. The first kappa shape index (κ1) is 20.9. The molecule has 1 aliphatic carbocycles. The predicted molar refractivity (Wildman–Crippen MR) is 115 cm³/mol. The van der Waals surface area contributed by atoms with Crippen LogP contribution in [0.5, 0.6) is 5.75 Å². The van der Waals surface area contributed by atoms with Gasteiger partial charge in [-0.15, -0.1) is 0 Å². The van der Waals surface area contributed by atoms with Gasteiger partial charge in [0.05, 0.1) is 11.3 Å². The zero-order chi connectivity index (χ0) is 20.8. The number of carbonyl (C=O) groups excluding carboxylic acids is 2. The minimum Gasteiger partial charge on any atom is -0.481 e. The second kappa shape index (κ2) is 9.59. The largest absolute Gasteiger partial charge is 0.481 e. The molecule has 5 nitrogen and oxygen atoms in total. The van der Waals surface area contributed by atoms with Gasteiger partial charge in [0.25, 0.3) is 11.8 Å². The van der Waals surface area contributed by atoms with Crippen molar-refractivity contribution in [3.63, 3.8) is 0 Å². The first-order valence-electron chi connectivity index (χ1n) is 10.5. The number of rotatable bonds is 7. The van der Waals surface area contributed by atoms with Crippen LogP contribution in [0.15, 0.2) is 42.5 Å². The molecule has 29 heavy (non-hydrogen) atoms. The second-order valence-corrected chi connectivity index (χ2v) is 7.72. The van der Waals surface area contributed by atoms with E-state index in [1.165, 1.54) is 24.0 Å². The number of hydrogen-bond acceptors (Lipinski definition) is 3. The van der Waals surface area contributed by atoms with E-state index in [2.05, 4.69) is 16.7 Å². The number of nitrogens with one attached hydrogen (secondary N) is 2. The van der Waals surface area contributed by atoms with Crippen LogP contribution < -0.4 is 15.4 Å². The lowest BCUT2D eigenvalue weighted by Crippen LogP contribution is -2.34. The van der Waals surface area contributed by atoms with Gasteiger partial charge in [0.1, 0.15) is 5.75 Å². The number of benzene rings is 2. The molecule has 0 saturated carbocycles. The maximum Gasteiger partial charge on any atom is 0.265 e. The van der Waals surface area contributed by atoms with E-state index in [4.69, 9.17) is 4.74 Å². The molecule has 0 saturated heterocycles. The third kappa shape index (κ3) is 5.37. The number of anilines is 1. The number of amides is 2. The van der Waals surface area contributed by atoms with Gasteiger partial charge < -0.3 is 15.4 Å². The van der Waals surface area contributed by atoms with Crippen molar-refractivity contribution in [1.82, 2.24) is 5.32 Å². The molecule has 2 aromatic rings. The van der Waals surface area contributed by atoms with Crippen molar-refractivity contribution in [1.29, 1.82) is 0 Å². The van der Waals surface area contributed by atoms with E-state index < -0.39 is 6.10 Å². The Kier molecular flexibility index (Phi) is 6.91. The monoisotopic (exact) mass is 394 g/mol. The minimum absolute atomic E-state index is 0.0672. The smallest absolute Gasteiger partial charge is 0.265 e. The van der Waals surface area contributed by atoms with E-state index in [-0.39, 0.29) is 17.9 Å². The standard InChI is InChI=1S/C24H30N2O3/c1-4-16(2)25-24(28)21-11-7-8-12-22(21)26-23(27)17(3)29-20-14-13-18-9-5-6-10-19(18)15-20/h7-8,11-17H,4-6,9-10H2,1-3H3,(H,25,28)(H,26,27)/t16-,17-/m1/s1. The maximum absolute atomic E-state index is 12.7. The minimum atomic E-state index is -0.678. The SMILES string of the molecule is CC[C@@H](C)NC(=O)c1ccccc1NC(=O)[C@@H](C)Oc1ccc2c(c1)CCCC2. The van der Waals surface area contributed by atoms with Crippen LogP contribution in [0, 0.1) is 0 Å². The number of hydrogen-bond donors (Lipinski definition) is 2. The molecule has 2 N–H and O–H groups in total. The summed E-state index contributed by atoms with van der Waals surface area (Å²) < 4.78 is 5.88. The number of para-hydroxylation sites is 1. The summed E-state index contributed by atoms with van der Waals surface area (Å²) in [6, 6.07) is 13.2. The number of ether oxygens (including phenoxy) is 1. The van der Waals surface area contributed by atoms with Gasteiger partial charge in [-0.05, 0) is 81.3 Å². The van der Waals surface area contributed by atoms with Gasteiger partial charge >= 0.3 is 0 Å². The molecule has 3 rings (SSSR count). The molecule has 0 radical (unpaired) electrons. The third-order valence-electron chi connectivity index (χ3n) is 5.42. The van der Waals surface area contributed by atoms with Crippen molar-refractivity contribution in [2.75, 3.05) is 5.32 Å². The van der Waals surface area contributed by atoms with Crippen LogP contribution in [0.3, 0.4) is 0 Å². The highest BCUT2D eigenvalue weighted by atomic mass is 16.5. The van der Waals surface area contributed by atoms with Crippen LogP contribution in [0.1, 0.15) is 61.5 Å². The van der Waals surface area contributed by atoms with Crippen molar-refractivity contribution in [3.05, 3.63) is 59.2 Å². The third-order valence-corrected chi connectivity index (χ3v) is 5.42. The van der Waals surface area contributed by atoms with Gasteiger partial charge in [0.15, 0.2) is 6.10 Å². The normalized spacial score (nSPS) is 15.0. The van der Waals surface area contributed by atoms with E-state index in [0.29, 0.717) is 17.0 Å². The summed E-state index contributed by atoms with van der Waals surface area (Å²) in [7, 11) is 0. The Morgan fingerprint density at radius 2 is 1.76 bits per heavy atom. The molecule has 1 aliphatic rings. The van der Waals surface area contributed by atoms with Crippen LogP contribution in [-0.2, 0) is 17.6 Å². The summed E-state index contributed by atoms with van der Waals surface area (Å²) in [5, 5.41) is 5.78. The van der Waals surface area contributed by atoms with Gasteiger partial charge in [-0.3, -0.25) is 9.59 Å². The van der Waals surface area contributed by atoms with E-state index in [0.717, 1.165) is 19.3 Å². The maximum atomic E-state index is 12.7. The predicted octanol–water partition coefficient (Wildman–Crippen LogP) is 4.50. The molecule has 0 fully saturated rings. The fraction of sp³-hybridized carbons (Fsp3) is 0.417. The van der Waals surface area contributed by atoms with Crippen molar-refractivity contribution in [2.45, 2.75) is 65.0 Å². The fourth-order valence-electron chi connectivity index (χ4n) is 3.47. The van der Waals surface area contributed by atoms with Gasteiger partial charge in [0.2, 0.25) is 0 Å². The van der Waals surface area contributed by atoms with Gasteiger partial charge in [0, 0.05) is 6.04 Å². The average molecular weight is 395 g/mol.